The fraction of sp³-hybridized carbons (Fsp3) is 0.286. The van der Waals surface area contributed by atoms with Crippen LogP contribution in [0, 0.1) is 11.6 Å². The van der Waals surface area contributed by atoms with E-state index >= 15 is 0 Å². The van der Waals surface area contributed by atoms with Crippen molar-refractivity contribution in [3.8, 4) is 0 Å². The number of benzene rings is 3. The highest BCUT2D eigenvalue weighted by Gasteiger charge is 2.26. The van der Waals surface area contributed by atoms with Crippen molar-refractivity contribution in [3.05, 3.63) is 95.6 Å². The lowest BCUT2D eigenvalue weighted by molar-refractivity contribution is 0.0734. The number of anilines is 2. The molecule has 0 aliphatic carbocycles. The topological polar surface area (TPSA) is 47.1 Å². The van der Waals surface area contributed by atoms with Gasteiger partial charge in [-0.05, 0) is 48.5 Å². The van der Waals surface area contributed by atoms with Crippen molar-refractivity contribution in [1.82, 2.24) is 9.80 Å². The van der Waals surface area contributed by atoms with Gasteiger partial charge >= 0.3 is 0 Å². The summed E-state index contributed by atoms with van der Waals surface area (Å²) in [5.41, 5.74) is 2.16. The van der Waals surface area contributed by atoms with E-state index in [1.54, 1.807) is 58.3 Å². The number of para-hydroxylation sites is 2. The Labute approximate surface area is 209 Å². The molecule has 2 saturated heterocycles. The van der Waals surface area contributed by atoms with Gasteiger partial charge in [-0.15, -0.1) is 0 Å². The van der Waals surface area contributed by atoms with Crippen molar-refractivity contribution in [2.45, 2.75) is 0 Å². The van der Waals surface area contributed by atoms with Gasteiger partial charge in [0.05, 0.1) is 11.4 Å². The highest BCUT2D eigenvalue weighted by molar-refractivity contribution is 5.98. The van der Waals surface area contributed by atoms with Crippen LogP contribution in [0.1, 0.15) is 20.7 Å². The molecular weight excluding hydrogens is 462 g/mol. The summed E-state index contributed by atoms with van der Waals surface area (Å²) in [7, 11) is 0. The molecule has 0 aromatic heterocycles. The molecule has 0 saturated carbocycles. The number of hydrogen-bond donors (Lipinski definition) is 0. The molecule has 5 rings (SSSR count). The molecule has 0 bridgehead atoms. The molecule has 2 amide bonds. The van der Waals surface area contributed by atoms with Crippen molar-refractivity contribution < 1.29 is 18.4 Å². The third-order valence-electron chi connectivity index (χ3n) is 6.90. The van der Waals surface area contributed by atoms with Crippen LogP contribution in [-0.2, 0) is 0 Å². The van der Waals surface area contributed by atoms with Crippen LogP contribution in [0.4, 0.5) is 20.2 Å². The summed E-state index contributed by atoms with van der Waals surface area (Å²) in [5, 5.41) is 0. The zero-order valence-electron chi connectivity index (χ0n) is 19.9. The lowest BCUT2D eigenvalue weighted by Gasteiger charge is -2.36. The summed E-state index contributed by atoms with van der Waals surface area (Å²) in [4.78, 5) is 33.4. The minimum atomic E-state index is -0.258. The second-order valence-electron chi connectivity index (χ2n) is 9.04. The molecule has 8 heteroatoms. The van der Waals surface area contributed by atoms with E-state index in [2.05, 4.69) is 0 Å². The van der Waals surface area contributed by atoms with Crippen LogP contribution >= 0.6 is 0 Å². The molecule has 0 atom stereocenters. The van der Waals surface area contributed by atoms with Crippen LogP contribution in [0.3, 0.4) is 0 Å². The van der Waals surface area contributed by atoms with Crippen LogP contribution < -0.4 is 9.80 Å². The quantitative estimate of drug-likeness (QED) is 0.557. The maximum Gasteiger partial charge on any atom is 0.253 e. The van der Waals surface area contributed by atoms with Crippen molar-refractivity contribution in [1.29, 1.82) is 0 Å². The van der Waals surface area contributed by atoms with Gasteiger partial charge in [0.1, 0.15) is 11.6 Å². The monoisotopic (exact) mass is 490 g/mol. The third-order valence-corrected chi connectivity index (χ3v) is 6.90. The standard InChI is InChI=1S/C28H28F2N4O2/c29-23-5-1-3-7-25(23)31-13-17-33(18-14-31)27(35)21-9-11-22(12-10-21)28(36)34-19-15-32(16-20-34)26-8-4-2-6-24(26)30/h1-12H,13-20H2. The Bertz CT molecular complexity index is 1140. The highest BCUT2D eigenvalue weighted by Crippen LogP contribution is 2.22. The normalized spacial score (nSPS) is 16.3. The van der Waals surface area contributed by atoms with Crippen LogP contribution in [0.5, 0.6) is 0 Å². The number of nitrogens with zero attached hydrogens (tertiary/aromatic N) is 4. The second kappa shape index (κ2) is 10.4. The van der Waals surface area contributed by atoms with Gasteiger partial charge in [0.2, 0.25) is 0 Å². The van der Waals surface area contributed by atoms with Gasteiger partial charge in [-0.25, -0.2) is 8.78 Å². The number of piperazine rings is 2. The van der Waals surface area contributed by atoms with E-state index in [0.29, 0.717) is 74.9 Å². The van der Waals surface area contributed by atoms with Crippen molar-refractivity contribution in [3.63, 3.8) is 0 Å². The average molecular weight is 491 g/mol. The molecule has 2 aliphatic heterocycles. The van der Waals surface area contributed by atoms with E-state index in [9.17, 15) is 18.4 Å². The molecule has 2 fully saturated rings. The van der Waals surface area contributed by atoms with Crippen LogP contribution in [0.25, 0.3) is 0 Å². The molecular formula is C28H28F2N4O2. The predicted octanol–water partition coefficient (Wildman–Crippen LogP) is 3.89. The summed E-state index contributed by atoms with van der Waals surface area (Å²) in [6.07, 6.45) is 0. The van der Waals surface area contributed by atoms with E-state index in [0.717, 1.165) is 0 Å². The number of carbonyl (C=O) groups excluding carboxylic acids is 2. The molecule has 0 N–H and O–H groups in total. The number of rotatable bonds is 4. The average Bonchev–Trinajstić information content (AvgIpc) is 2.93. The maximum absolute atomic E-state index is 14.1. The third kappa shape index (κ3) is 4.89. The maximum atomic E-state index is 14.1. The van der Waals surface area contributed by atoms with Crippen molar-refractivity contribution in [2.75, 3.05) is 62.2 Å². The van der Waals surface area contributed by atoms with E-state index in [1.165, 1.54) is 12.1 Å². The first kappa shape index (κ1) is 23.8. The minimum absolute atomic E-state index is 0.0966. The summed E-state index contributed by atoms with van der Waals surface area (Å²) >= 11 is 0. The largest absolute Gasteiger partial charge is 0.366 e. The lowest BCUT2D eigenvalue weighted by atomic mass is 10.1. The van der Waals surface area contributed by atoms with Crippen LogP contribution in [0.2, 0.25) is 0 Å². The summed E-state index contributed by atoms with van der Waals surface area (Å²) in [6, 6.07) is 20.1. The van der Waals surface area contributed by atoms with Crippen LogP contribution in [-0.4, -0.2) is 74.0 Å². The molecule has 36 heavy (non-hydrogen) atoms. The molecule has 186 valence electrons. The highest BCUT2D eigenvalue weighted by atomic mass is 19.1. The number of amides is 2. The van der Waals surface area contributed by atoms with Gasteiger partial charge in [0, 0.05) is 63.5 Å². The predicted molar refractivity (Wildman–Crippen MR) is 135 cm³/mol. The van der Waals surface area contributed by atoms with Gasteiger partial charge in [0.15, 0.2) is 0 Å². The molecule has 0 unspecified atom stereocenters. The fourth-order valence-corrected chi connectivity index (χ4v) is 4.84. The Morgan fingerprint density at radius 1 is 0.500 bits per heavy atom. The van der Waals surface area contributed by atoms with Gasteiger partial charge in [-0.2, -0.15) is 0 Å². The van der Waals surface area contributed by atoms with E-state index in [1.807, 2.05) is 21.9 Å². The SMILES string of the molecule is O=C(c1ccc(C(=O)N2CCN(c3ccccc3F)CC2)cc1)N1CCN(c2ccccc2F)CC1. The van der Waals surface area contributed by atoms with E-state index < -0.39 is 0 Å². The summed E-state index contributed by atoms with van der Waals surface area (Å²) in [6.45, 7) is 4.23. The molecule has 2 aliphatic rings. The molecule has 3 aromatic carbocycles. The molecule has 3 aromatic rings. The molecule has 0 radical (unpaired) electrons. The number of carbonyl (C=O) groups is 2. The lowest BCUT2D eigenvalue weighted by Crippen LogP contribution is -2.49. The smallest absolute Gasteiger partial charge is 0.253 e. The Morgan fingerprint density at radius 3 is 1.17 bits per heavy atom. The molecule has 6 nitrogen and oxygen atoms in total. The number of halogens is 2. The Kier molecular flexibility index (Phi) is 6.84. The Hall–Kier alpha value is -3.94. The zero-order chi connectivity index (χ0) is 25.1. The molecule has 0 spiro atoms. The minimum Gasteiger partial charge on any atom is -0.366 e. The second-order valence-corrected chi connectivity index (χ2v) is 9.04. The van der Waals surface area contributed by atoms with Gasteiger partial charge in [-0.3, -0.25) is 9.59 Å². The van der Waals surface area contributed by atoms with E-state index in [4.69, 9.17) is 0 Å². The van der Waals surface area contributed by atoms with Gasteiger partial charge < -0.3 is 19.6 Å². The Balaban J connectivity index is 1.15. The van der Waals surface area contributed by atoms with Gasteiger partial charge in [0.25, 0.3) is 11.8 Å². The zero-order valence-corrected chi connectivity index (χ0v) is 19.9. The van der Waals surface area contributed by atoms with Crippen LogP contribution in [0.15, 0.2) is 72.8 Å². The number of hydrogen-bond acceptors (Lipinski definition) is 4. The summed E-state index contributed by atoms with van der Waals surface area (Å²) < 4.78 is 28.1. The van der Waals surface area contributed by atoms with Gasteiger partial charge in [-0.1, -0.05) is 24.3 Å². The first-order chi connectivity index (χ1) is 17.5. The van der Waals surface area contributed by atoms with Crippen molar-refractivity contribution >= 4 is 23.2 Å². The molecule has 2 heterocycles. The first-order valence-corrected chi connectivity index (χ1v) is 12.2. The Morgan fingerprint density at radius 2 is 0.833 bits per heavy atom. The van der Waals surface area contributed by atoms with Crippen molar-refractivity contribution in [2.24, 2.45) is 0 Å². The van der Waals surface area contributed by atoms with E-state index in [-0.39, 0.29) is 23.4 Å². The first-order valence-electron chi connectivity index (χ1n) is 12.2. The summed E-state index contributed by atoms with van der Waals surface area (Å²) in [5.74, 6) is -0.710. The fourth-order valence-electron chi connectivity index (χ4n) is 4.84.